The molecule has 0 bridgehead atoms. The highest BCUT2D eigenvalue weighted by Gasteiger charge is 2.25. The first-order valence-electron chi connectivity index (χ1n) is 9.57. The predicted octanol–water partition coefficient (Wildman–Crippen LogP) is 4.82. The van der Waals surface area contributed by atoms with Gasteiger partial charge in [0, 0.05) is 19.3 Å². The van der Waals surface area contributed by atoms with Gasteiger partial charge in [0.05, 0.1) is 22.3 Å². The number of hydrogen-bond acceptors (Lipinski definition) is 2. The fraction of sp³-hybridized carbons (Fsp3) is 0.217. The lowest BCUT2D eigenvalue weighted by atomic mass is 10.1. The number of imidazole rings is 1. The molecule has 1 saturated carbocycles. The molecule has 0 radical (unpaired) electrons. The van der Waals surface area contributed by atoms with Crippen LogP contribution in [0.3, 0.4) is 0 Å². The second-order valence-electron chi connectivity index (χ2n) is 7.53. The Balaban J connectivity index is 1.67. The Kier molecular flexibility index (Phi) is 3.83. The maximum Gasteiger partial charge on any atom is 0.335 e. The first-order valence-corrected chi connectivity index (χ1v) is 9.57. The average molecular weight is 371 g/mol. The minimum atomic E-state index is -0.933. The van der Waals surface area contributed by atoms with Gasteiger partial charge in [-0.2, -0.15) is 0 Å². The second-order valence-corrected chi connectivity index (χ2v) is 7.53. The van der Waals surface area contributed by atoms with E-state index >= 15 is 0 Å². The standard InChI is InChI=1S/C23H21N3O2/c1-25-20-10-9-17(23(27)28)13-18(20)24-22(25)21-12-11-19(16-5-3-2-4-6-16)26(21)14-15-7-8-15/h2-6,9-13,15H,7-8,14H2,1H3,(H,27,28). The molecule has 0 saturated heterocycles. The van der Waals surface area contributed by atoms with Gasteiger partial charge in [-0.15, -0.1) is 0 Å². The van der Waals surface area contributed by atoms with Crippen LogP contribution in [-0.4, -0.2) is 25.2 Å². The molecule has 1 fully saturated rings. The van der Waals surface area contributed by atoms with E-state index in [1.807, 2.05) is 19.2 Å². The number of carboxylic acid groups (broad SMARTS) is 1. The third-order valence-electron chi connectivity index (χ3n) is 5.54. The van der Waals surface area contributed by atoms with Gasteiger partial charge in [-0.25, -0.2) is 9.78 Å². The maximum absolute atomic E-state index is 11.3. The third kappa shape index (κ3) is 2.80. The highest BCUT2D eigenvalue weighted by molar-refractivity contribution is 5.93. The van der Waals surface area contributed by atoms with Crippen molar-refractivity contribution >= 4 is 17.0 Å². The molecular weight excluding hydrogens is 350 g/mol. The third-order valence-corrected chi connectivity index (χ3v) is 5.54. The van der Waals surface area contributed by atoms with E-state index in [2.05, 4.69) is 45.5 Å². The van der Waals surface area contributed by atoms with E-state index in [1.165, 1.54) is 24.1 Å². The van der Waals surface area contributed by atoms with Gasteiger partial charge in [0.2, 0.25) is 0 Å². The van der Waals surface area contributed by atoms with Crippen molar-refractivity contribution in [1.82, 2.24) is 14.1 Å². The molecule has 28 heavy (non-hydrogen) atoms. The zero-order valence-electron chi connectivity index (χ0n) is 15.7. The highest BCUT2D eigenvalue weighted by Crippen LogP contribution is 2.36. The number of fused-ring (bicyclic) bond motifs is 1. The van der Waals surface area contributed by atoms with Crippen LogP contribution in [0.25, 0.3) is 33.8 Å². The monoisotopic (exact) mass is 371 g/mol. The molecule has 1 N–H and O–H groups in total. The molecule has 0 unspecified atom stereocenters. The molecule has 4 aromatic rings. The summed E-state index contributed by atoms with van der Waals surface area (Å²) in [5, 5.41) is 9.28. The average Bonchev–Trinajstić information content (AvgIpc) is 3.34. The number of rotatable bonds is 5. The SMILES string of the molecule is Cn1c(-c2ccc(-c3ccccc3)n2CC2CC2)nc2cc(C(=O)O)ccc21. The van der Waals surface area contributed by atoms with Crippen LogP contribution in [0.4, 0.5) is 0 Å². The molecule has 5 heteroatoms. The van der Waals surface area contributed by atoms with Crippen LogP contribution in [0.5, 0.6) is 0 Å². The largest absolute Gasteiger partial charge is 0.478 e. The molecule has 5 rings (SSSR count). The summed E-state index contributed by atoms with van der Waals surface area (Å²) in [6.45, 7) is 0.982. The summed E-state index contributed by atoms with van der Waals surface area (Å²) in [7, 11) is 1.99. The first-order chi connectivity index (χ1) is 13.6. The first kappa shape index (κ1) is 16.8. The lowest BCUT2D eigenvalue weighted by molar-refractivity contribution is 0.0697. The number of carboxylic acids is 1. The van der Waals surface area contributed by atoms with Gasteiger partial charge in [-0.1, -0.05) is 30.3 Å². The molecule has 140 valence electrons. The van der Waals surface area contributed by atoms with Crippen LogP contribution >= 0.6 is 0 Å². The van der Waals surface area contributed by atoms with Crippen molar-refractivity contribution < 1.29 is 9.90 Å². The molecule has 2 aromatic heterocycles. The molecule has 2 aromatic carbocycles. The summed E-state index contributed by atoms with van der Waals surface area (Å²) in [5.41, 5.74) is 5.36. The number of aryl methyl sites for hydroxylation is 1. The maximum atomic E-state index is 11.3. The summed E-state index contributed by atoms with van der Waals surface area (Å²) in [4.78, 5) is 16.1. The number of carbonyl (C=O) groups is 1. The minimum absolute atomic E-state index is 0.260. The van der Waals surface area contributed by atoms with Crippen molar-refractivity contribution in [1.29, 1.82) is 0 Å². The fourth-order valence-corrected chi connectivity index (χ4v) is 3.84. The number of hydrogen-bond donors (Lipinski definition) is 1. The Morgan fingerprint density at radius 2 is 1.82 bits per heavy atom. The summed E-state index contributed by atoms with van der Waals surface area (Å²) < 4.78 is 4.42. The Morgan fingerprint density at radius 3 is 2.54 bits per heavy atom. The van der Waals surface area contributed by atoms with Crippen LogP contribution < -0.4 is 0 Å². The quantitative estimate of drug-likeness (QED) is 0.547. The number of nitrogens with zero attached hydrogens (tertiary/aromatic N) is 3. The highest BCUT2D eigenvalue weighted by atomic mass is 16.4. The summed E-state index contributed by atoms with van der Waals surface area (Å²) in [6, 6.07) is 19.8. The van der Waals surface area contributed by atoms with Gasteiger partial charge in [0.25, 0.3) is 0 Å². The van der Waals surface area contributed by atoms with Gasteiger partial charge in [-0.3, -0.25) is 0 Å². The normalized spacial score (nSPS) is 13.9. The van der Waals surface area contributed by atoms with Crippen molar-refractivity contribution in [3.8, 4) is 22.8 Å². The van der Waals surface area contributed by atoms with Crippen LogP contribution in [0.1, 0.15) is 23.2 Å². The van der Waals surface area contributed by atoms with Crippen molar-refractivity contribution in [2.75, 3.05) is 0 Å². The van der Waals surface area contributed by atoms with Crippen LogP contribution in [-0.2, 0) is 13.6 Å². The van der Waals surface area contributed by atoms with Gasteiger partial charge in [0.1, 0.15) is 0 Å². The second kappa shape index (κ2) is 6.37. The number of benzene rings is 2. The van der Waals surface area contributed by atoms with E-state index in [0.717, 1.165) is 29.5 Å². The van der Waals surface area contributed by atoms with Gasteiger partial charge < -0.3 is 14.2 Å². The molecule has 0 aliphatic heterocycles. The van der Waals surface area contributed by atoms with Crippen molar-refractivity contribution in [3.05, 3.63) is 66.2 Å². The molecule has 1 aliphatic rings. The Morgan fingerprint density at radius 1 is 1.07 bits per heavy atom. The predicted molar refractivity (Wildman–Crippen MR) is 109 cm³/mol. The van der Waals surface area contributed by atoms with Crippen LogP contribution in [0.2, 0.25) is 0 Å². The van der Waals surface area contributed by atoms with Gasteiger partial charge >= 0.3 is 5.97 Å². The molecule has 0 atom stereocenters. The van der Waals surface area contributed by atoms with E-state index in [1.54, 1.807) is 12.1 Å². The van der Waals surface area contributed by atoms with Gasteiger partial charge in [-0.05, 0) is 54.7 Å². The van der Waals surface area contributed by atoms with E-state index in [9.17, 15) is 9.90 Å². The number of aromatic carboxylic acids is 1. The van der Waals surface area contributed by atoms with Gasteiger partial charge in [0.15, 0.2) is 5.82 Å². The van der Waals surface area contributed by atoms with Crippen molar-refractivity contribution in [3.63, 3.8) is 0 Å². The van der Waals surface area contributed by atoms with Crippen molar-refractivity contribution in [2.24, 2.45) is 13.0 Å². The van der Waals surface area contributed by atoms with Crippen LogP contribution in [0.15, 0.2) is 60.7 Å². The molecule has 0 amide bonds. The van der Waals surface area contributed by atoms with E-state index in [0.29, 0.717) is 5.52 Å². The minimum Gasteiger partial charge on any atom is -0.478 e. The Bertz CT molecular complexity index is 1180. The van der Waals surface area contributed by atoms with E-state index in [-0.39, 0.29) is 5.56 Å². The summed E-state index contributed by atoms with van der Waals surface area (Å²) in [5.74, 6) is 0.653. The lowest BCUT2D eigenvalue weighted by Crippen LogP contribution is -2.06. The Labute approximate surface area is 162 Å². The van der Waals surface area contributed by atoms with E-state index in [4.69, 9.17) is 4.98 Å². The summed E-state index contributed by atoms with van der Waals surface area (Å²) in [6.07, 6.45) is 2.55. The zero-order valence-corrected chi connectivity index (χ0v) is 15.7. The smallest absolute Gasteiger partial charge is 0.335 e. The molecule has 1 aliphatic carbocycles. The zero-order chi connectivity index (χ0) is 19.3. The fourth-order valence-electron chi connectivity index (χ4n) is 3.84. The number of aromatic nitrogens is 3. The van der Waals surface area contributed by atoms with Crippen molar-refractivity contribution in [2.45, 2.75) is 19.4 Å². The van der Waals surface area contributed by atoms with Crippen LogP contribution in [0, 0.1) is 5.92 Å². The molecular formula is C23H21N3O2. The summed E-state index contributed by atoms with van der Waals surface area (Å²) >= 11 is 0. The molecule has 2 heterocycles. The Hall–Kier alpha value is -3.34. The molecule has 0 spiro atoms. The van der Waals surface area contributed by atoms with E-state index < -0.39 is 5.97 Å². The lowest BCUT2D eigenvalue weighted by Gasteiger charge is -2.13. The molecule has 5 nitrogen and oxygen atoms in total. The topological polar surface area (TPSA) is 60.0 Å².